The van der Waals surface area contributed by atoms with E-state index in [0.29, 0.717) is 5.56 Å². The van der Waals surface area contributed by atoms with E-state index in [4.69, 9.17) is 0 Å². The summed E-state index contributed by atoms with van der Waals surface area (Å²) >= 11 is 0. The zero-order chi connectivity index (χ0) is 16.1. The van der Waals surface area contributed by atoms with Crippen LogP contribution in [0.15, 0.2) is 30.6 Å². The molecule has 22 heavy (non-hydrogen) atoms. The van der Waals surface area contributed by atoms with Gasteiger partial charge in [-0.1, -0.05) is 18.2 Å². The van der Waals surface area contributed by atoms with Crippen LogP contribution in [-0.2, 0) is 0 Å². The second kappa shape index (κ2) is 6.48. The molecule has 3 N–H and O–H groups in total. The first-order valence-electron chi connectivity index (χ1n) is 6.33. The van der Waals surface area contributed by atoms with Gasteiger partial charge in [-0.2, -0.15) is 0 Å². The number of anilines is 2. The van der Waals surface area contributed by atoms with Crippen LogP contribution in [0.4, 0.5) is 17.3 Å². The van der Waals surface area contributed by atoms with Gasteiger partial charge in [0.2, 0.25) is 11.6 Å². The Labute approximate surface area is 125 Å². The van der Waals surface area contributed by atoms with Crippen LogP contribution in [0.1, 0.15) is 15.9 Å². The van der Waals surface area contributed by atoms with Crippen molar-refractivity contribution in [1.82, 2.24) is 15.4 Å². The minimum atomic E-state index is -0.631. The van der Waals surface area contributed by atoms with Crippen molar-refractivity contribution in [2.24, 2.45) is 0 Å². The van der Waals surface area contributed by atoms with E-state index in [1.165, 1.54) is 7.05 Å². The van der Waals surface area contributed by atoms with Crippen LogP contribution in [0.25, 0.3) is 0 Å². The van der Waals surface area contributed by atoms with E-state index < -0.39 is 10.8 Å². The molecule has 9 nitrogen and oxygen atoms in total. The Morgan fingerprint density at radius 1 is 1.23 bits per heavy atom. The number of hydrogen-bond acceptors (Lipinski definition) is 7. The zero-order valence-electron chi connectivity index (χ0n) is 12.0. The maximum atomic E-state index is 12.1. The van der Waals surface area contributed by atoms with Gasteiger partial charge >= 0.3 is 5.69 Å². The average Bonchev–Trinajstić information content (AvgIpc) is 2.52. The fourth-order valence-electron chi connectivity index (χ4n) is 1.84. The van der Waals surface area contributed by atoms with E-state index in [9.17, 15) is 14.9 Å². The highest BCUT2D eigenvalue weighted by atomic mass is 16.6. The summed E-state index contributed by atoms with van der Waals surface area (Å²) in [7, 11) is 1.50. The monoisotopic (exact) mass is 302 g/mol. The molecule has 0 saturated carbocycles. The van der Waals surface area contributed by atoms with Crippen molar-refractivity contribution in [3.63, 3.8) is 0 Å². The molecule has 0 atom stereocenters. The van der Waals surface area contributed by atoms with Crippen molar-refractivity contribution >= 4 is 23.2 Å². The first-order valence-corrected chi connectivity index (χ1v) is 6.33. The Morgan fingerprint density at radius 3 is 2.55 bits per heavy atom. The Balaban J connectivity index is 2.20. The second-order valence-electron chi connectivity index (χ2n) is 4.32. The summed E-state index contributed by atoms with van der Waals surface area (Å²) in [4.78, 5) is 30.1. The predicted octanol–water partition coefficient (Wildman–Crippen LogP) is 1.49. The van der Waals surface area contributed by atoms with Gasteiger partial charge in [-0.05, 0) is 18.6 Å². The van der Waals surface area contributed by atoms with Crippen molar-refractivity contribution in [3.8, 4) is 0 Å². The Morgan fingerprint density at radius 2 is 1.91 bits per heavy atom. The molecule has 0 aliphatic heterocycles. The second-order valence-corrected chi connectivity index (χ2v) is 4.32. The standard InChI is InChI=1S/C13H14N6O3/c1-8-5-3-4-6-9(8)13(20)18-17-12-10(19(21)22)11(14-2)15-7-16-12/h3-7H,1-2H3,(H,18,20)(H2,14,15,16,17). The molecule has 0 spiro atoms. The van der Waals surface area contributed by atoms with Crippen molar-refractivity contribution in [2.75, 3.05) is 17.8 Å². The van der Waals surface area contributed by atoms with E-state index >= 15 is 0 Å². The van der Waals surface area contributed by atoms with Crippen LogP contribution >= 0.6 is 0 Å². The summed E-state index contributed by atoms with van der Waals surface area (Å²) in [6.07, 6.45) is 1.15. The Kier molecular flexibility index (Phi) is 4.47. The van der Waals surface area contributed by atoms with E-state index in [1.807, 2.05) is 6.07 Å². The molecule has 1 amide bonds. The van der Waals surface area contributed by atoms with Gasteiger partial charge in [0.1, 0.15) is 6.33 Å². The third-order valence-corrected chi connectivity index (χ3v) is 2.93. The minimum absolute atomic E-state index is 0.0487. The predicted molar refractivity (Wildman–Crippen MR) is 80.5 cm³/mol. The summed E-state index contributed by atoms with van der Waals surface area (Å²) in [5.74, 6) is -0.476. The van der Waals surface area contributed by atoms with Crippen molar-refractivity contribution in [3.05, 3.63) is 51.8 Å². The molecule has 0 bridgehead atoms. The quantitative estimate of drug-likeness (QED) is 0.565. The Hall–Kier alpha value is -3.23. The molecule has 0 fully saturated rings. The highest BCUT2D eigenvalue weighted by Crippen LogP contribution is 2.27. The van der Waals surface area contributed by atoms with E-state index in [2.05, 4.69) is 26.1 Å². The number of carbonyl (C=O) groups excluding carboxylic acids is 1. The number of aromatic nitrogens is 2. The van der Waals surface area contributed by atoms with Gasteiger partial charge < -0.3 is 5.32 Å². The van der Waals surface area contributed by atoms with Crippen LogP contribution in [0, 0.1) is 17.0 Å². The van der Waals surface area contributed by atoms with Gasteiger partial charge in [0, 0.05) is 12.6 Å². The van der Waals surface area contributed by atoms with Crippen LogP contribution < -0.4 is 16.2 Å². The lowest BCUT2D eigenvalue weighted by atomic mass is 10.1. The lowest BCUT2D eigenvalue weighted by Gasteiger charge is -2.10. The average molecular weight is 302 g/mol. The third-order valence-electron chi connectivity index (χ3n) is 2.93. The number of carbonyl (C=O) groups is 1. The lowest BCUT2D eigenvalue weighted by Crippen LogP contribution is -2.30. The minimum Gasteiger partial charge on any atom is -0.367 e. The third kappa shape index (κ3) is 3.08. The summed E-state index contributed by atoms with van der Waals surface area (Å²) < 4.78 is 0. The van der Waals surface area contributed by atoms with Gasteiger partial charge in [-0.3, -0.25) is 25.8 Å². The number of hydrogen-bond donors (Lipinski definition) is 3. The van der Waals surface area contributed by atoms with Gasteiger partial charge in [-0.25, -0.2) is 9.97 Å². The van der Waals surface area contributed by atoms with E-state index in [-0.39, 0.29) is 17.3 Å². The van der Waals surface area contributed by atoms with Crippen LogP contribution in [0.2, 0.25) is 0 Å². The molecule has 0 saturated heterocycles. The highest BCUT2D eigenvalue weighted by Gasteiger charge is 2.22. The molecule has 1 aromatic heterocycles. The number of nitrogens with one attached hydrogen (secondary N) is 3. The van der Waals surface area contributed by atoms with Gasteiger partial charge in [0.15, 0.2) is 0 Å². The SMILES string of the molecule is CNc1ncnc(NNC(=O)c2ccccc2C)c1[N+](=O)[O-]. The van der Waals surface area contributed by atoms with E-state index in [1.54, 1.807) is 25.1 Å². The molecule has 9 heteroatoms. The molecule has 1 aromatic carbocycles. The summed E-state index contributed by atoms with van der Waals surface area (Å²) in [6, 6.07) is 6.99. The summed E-state index contributed by atoms with van der Waals surface area (Å²) in [5, 5.41) is 13.7. The van der Waals surface area contributed by atoms with Crippen molar-refractivity contribution < 1.29 is 9.72 Å². The summed E-state index contributed by atoms with van der Waals surface area (Å²) in [6.45, 7) is 1.79. The number of rotatable bonds is 5. The van der Waals surface area contributed by atoms with Crippen molar-refractivity contribution in [2.45, 2.75) is 6.92 Å². The molecular weight excluding hydrogens is 288 g/mol. The van der Waals surface area contributed by atoms with Gasteiger partial charge in [0.25, 0.3) is 5.91 Å². The molecule has 2 rings (SSSR count). The molecule has 1 heterocycles. The van der Waals surface area contributed by atoms with Crippen LogP contribution in [0.3, 0.4) is 0 Å². The number of nitrogens with zero attached hydrogens (tertiary/aromatic N) is 3. The molecule has 114 valence electrons. The zero-order valence-corrected chi connectivity index (χ0v) is 12.0. The highest BCUT2D eigenvalue weighted by molar-refractivity contribution is 5.96. The number of nitro groups is 1. The molecule has 2 aromatic rings. The molecule has 0 aliphatic carbocycles. The maximum absolute atomic E-state index is 12.1. The van der Waals surface area contributed by atoms with Gasteiger partial charge in [-0.15, -0.1) is 0 Å². The fourth-order valence-corrected chi connectivity index (χ4v) is 1.84. The lowest BCUT2D eigenvalue weighted by molar-refractivity contribution is -0.383. The molecule has 0 aliphatic rings. The smallest absolute Gasteiger partial charge is 0.354 e. The number of hydrazine groups is 1. The maximum Gasteiger partial charge on any atom is 0.354 e. The summed E-state index contributed by atoms with van der Waals surface area (Å²) in [5.41, 5.74) is 5.75. The number of aryl methyl sites for hydroxylation is 1. The van der Waals surface area contributed by atoms with E-state index in [0.717, 1.165) is 11.9 Å². The first kappa shape index (κ1) is 15.2. The van der Waals surface area contributed by atoms with Crippen molar-refractivity contribution in [1.29, 1.82) is 0 Å². The molecule has 0 radical (unpaired) electrons. The first-order chi connectivity index (χ1) is 10.5. The van der Waals surface area contributed by atoms with Crippen LogP contribution in [-0.4, -0.2) is 27.8 Å². The number of benzene rings is 1. The normalized spacial score (nSPS) is 9.91. The van der Waals surface area contributed by atoms with Crippen LogP contribution in [0.5, 0.6) is 0 Å². The van der Waals surface area contributed by atoms with Gasteiger partial charge in [0.05, 0.1) is 4.92 Å². The number of amides is 1. The largest absolute Gasteiger partial charge is 0.367 e. The molecule has 0 unspecified atom stereocenters. The topological polar surface area (TPSA) is 122 Å². The molecular formula is C13H14N6O3. The Bertz CT molecular complexity index is 719. The fraction of sp³-hybridized carbons (Fsp3) is 0.154.